The van der Waals surface area contributed by atoms with E-state index in [1.807, 2.05) is 32.0 Å². The number of halogens is 1. The van der Waals surface area contributed by atoms with Gasteiger partial charge in [-0.25, -0.2) is 0 Å². The number of carbonyl (C=O) groups excluding carboxylic acids is 1. The van der Waals surface area contributed by atoms with Gasteiger partial charge in [0.05, 0.1) is 11.5 Å². The SMILES string of the molecule is Cc1ccc(I)c(C(=O)N2C[C@@H](C)[C@H](C(=O)O)C2)c1. The van der Waals surface area contributed by atoms with Gasteiger partial charge in [-0.3, -0.25) is 9.59 Å². The molecule has 4 nitrogen and oxygen atoms in total. The fourth-order valence-corrected chi connectivity index (χ4v) is 2.99. The quantitative estimate of drug-likeness (QED) is 0.810. The normalized spacial score (nSPS) is 22.6. The molecule has 2 rings (SSSR count). The van der Waals surface area contributed by atoms with E-state index in [9.17, 15) is 9.59 Å². The van der Waals surface area contributed by atoms with Crippen molar-refractivity contribution in [3.05, 3.63) is 32.9 Å². The highest BCUT2D eigenvalue weighted by Crippen LogP contribution is 2.26. The minimum atomic E-state index is -0.818. The largest absolute Gasteiger partial charge is 0.481 e. The second-order valence-electron chi connectivity index (χ2n) is 5.12. The molecule has 0 bridgehead atoms. The summed E-state index contributed by atoms with van der Waals surface area (Å²) in [5, 5.41) is 9.11. The van der Waals surface area contributed by atoms with Gasteiger partial charge >= 0.3 is 5.97 Å². The summed E-state index contributed by atoms with van der Waals surface area (Å²) < 4.78 is 0.902. The number of benzene rings is 1. The minimum absolute atomic E-state index is 0.00363. The smallest absolute Gasteiger partial charge is 0.308 e. The predicted molar refractivity (Wildman–Crippen MR) is 80.1 cm³/mol. The molecule has 1 aliphatic rings. The lowest BCUT2D eigenvalue weighted by Crippen LogP contribution is -2.30. The second-order valence-corrected chi connectivity index (χ2v) is 6.28. The first-order valence-corrected chi connectivity index (χ1v) is 7.26. The first-order chi connectivity index (χ1) is 8.90. The Hall–Kier alpha value is -1.11. The Balaban J connectivity index is 2.22. The molecule has 0 spiro atoms. The van der Waals surface area contributed by atoms with E-state index in [0.29, 0.717) is 18.7 Å². The molecule has 0 unspecified atom stereocenters. The molecule has 1 aromatic rings. The fraction of sp³-hybridized carbons (Fsp3) is 0.429. The van der Waals surface area contributed by atoms with Crippen LogP contribution in [0.2, 0.25) is 0 Å². The van der Waals surface area contributed by atoms with Crippen LogP contribution in [0, 0.1) is 22.3 Å². The molecule has 1 N–H and O–H groups in total. The monoisotopic (exact) mass is 373 g/mol. The van der Waals surface area contributed by atoms with Gasteiger partial charge in [0.2, 0.25) is 0 Å². The summed E-state index contributed by atoms with van der Waals surface area (Å²) in [7, 11) is 0. The molecule has 0 aliphatic carbocycles. The van der Waals surface area contributed by atoms with Crippen molar-refractivity contribution >= 4 is 34.5 Å². The van der Waals surface area contributed by atoms with E-state index in [1.54, 1.807) is 4.90 Å². The van der Waals surface area contributed by atoms with Gasteiger partial charge in [-0.05, 0) is 47.6 Å². The Labute approximate surface area is 125 Å². The van der Waals surface area contributed by atoms with Gasteiger partial charge in [0.15, 0.2) is 0 Å². The van der Waals surface area contributed by atoms with Crippen molar-refractivity contribution in [2.45, 2.75) is 13.8 Å². The van der Waals surface area contributed by atoms with Gasteiger partial charge in [-0.1, -0.05) is 18.6 Å². The number of hydrogen-bond acceptors (Lipinski definition) is 2. The Morgan fingerprint density at radius 1 is 1.37 bits per heavy atom. The van der Waals surface area contributed by atoms with Crippen molar-refractivity contribution in [2.24, 2.45) is 11.8 Å². The van der Waals surface area contributed by atoms with E-state index in [0.717, 1.165) is 9.13 Å². The van der Waals surface area contributed by atoms with E-state index in [-0.39, 0.29) is 11.8 Å². The third kappa shape index (κ3) is 2.91. The first kappa shape index (κ1) is 14.3. The third-order valence-electron chi connectivity index (χ3n) is 3.57. The number of aryl methyl sites for hydroxylation is 1. The molecule has 1 aliphatic heterocycles. The molecule has 1 fully saturated rings. The fourth-order valence-electron chi connectivity index (χ4n) is 2.43. The average Bonchev–Trinajstić information content (AvgIpc) is 2.74. The van der Waals surface area contributed by atoms with Gasteiger partial charge in [-0.15, -0.1) is 0 Å². The van der Waals surface area contributed by atoms with Gasteiger partial charge in [-0.2, -0.15) is 0 Å². The number of carboxylic acids is 1. The highest BCUT2D eigenvalue weighted by Gasteiger charge is 2.37. The molecular weight excluding hydrogens is 357 g/mol. The van der Waals surface area contributed by atoms with Gasteiger partial charge in [0.1, 0.15) is 0 Å². The molecule has 2 atom stereocenters. The van der Waals surface area contributed by atoms with Crippen LogP contribution in [0.5, 0.6) is 0 Å². The van der Waals surface area contributed by atoms with E-state index < -0.39 is 11.9 Å². The Bertz CT molecular complexity index is 529. The highest BCUT2D eigenvalue weighted by atomic mass is 127. The van der Waals surface area contributed by atoms with E-state index in [4.69, 9.17) is 5.11 Å². The van der Waals surface area contributed by atoms with Crippen molar-refractivity contribution in [1.82, 2.24) is 4.90 Å². The summed E-state index contributed by atoms with van der Waals surface area (Å²) in [6.45, 7) is 4.64. The predicted octanol–water partition coefficient (Wildman–Crippen LogP) is 2.39. The zero-order valence-electron chi connectivity index (χ0n) is 10.9. The number of likely N-dealkylation sites (tertiary alicyclic amines) is 1. The Kier molecular flexibility index (Phi) is 4.13. The minimum Gasteiger partial charge on any atom is -0.481 e. The molecule has 102 valence electrons. The van der Waals surface area contributed by atoms with E-state index >= 15 is 0 Å². The number of hydrogen-bond donors (Lipinski definition) is 1. The second kappa shape index (κ2) is 5.48. The zero-order chi connectivity index (χ0) is 14.2. The van der Waals surface area contributed by atoms with Crippen molar-refractivity contribution < 1.29 is 14.7 Å². The van der Waals surface area contributed by atoms with Crippen LogP contribution in [0.15, 0.2) is 18.2 Å². The van der Waals surface area contributed by atoms with Crippen molar-refractivity contribution in [1.29, 1.82) is 0 Å². The molecule has 1 saturated heterocycles. The molecule has 1 amide bonds. The van der Waals surface area contributed by atoms with Crippen LogP contribution in [-0.4, -0.2) is 35.0 Å². The summed E-state index contributed by atoms with van der Waals surface area (Å²) >= 11 is 2.14. The number of aliphatic carboxylic acids is 1. The van der Waals surface area contributed by atoms with Crippen LogP contribution in [0.1, 0.15) is 22.8 Å². The lowest BCUT2D eigenvalue weighted by atomic mass is 9.99. The Morgan fingerprint density at radius 3 is 2.63 bits per heavy atom. The van der Waals surface area contributed by atoms with Crippen LogP contribution >= 0.6 is 22.6 Å². The molecule has 0 saturated carbocycles. The summed E-state index contributed by atoms with van der Waals surface area (Å²) in [5.41, 5.74) is 1.70. The lowest BCUT2D eigenvalue weighted by molar-refractivity contribution is -0.142. The summed E-state index contributed by atoms with van der Waals surface area (Å²) in [5.74, 6) is -1.33. The van der Waals surface area contributed by atoms with E-state index in [2.05, 4.69) is 22.6 Å². The maximum Gasteiger partial charge on any atom is 0.308 e. The first-order valence-electron chi connectivity index (χ1n) is 6.18. The third-order valence-corrected chi connectivity index (χ3v) is 4.51. The Morgan fingerprint density at radius 2 is 2.05 bits per heavy atom. The van der Waals surface area contributed by atoms with Crippen LogP contribution in [0.3, 0.4) is 0 Å². The molecular formula is C14H16INO3. The maximum absolute atomic E-state index is 12.5. The van der Waals surface area contributed by atoms with Gasteiger partial charge in [0.25, 0.3) is 5.91 Å². The van der Waals surface area contributed by atoms with Crippen LogP contribution in [0.4, 0.5) is 0 Å². The number of nitrogens with zero attached hydrogens (tertiary/aromatic N) is 1. The lowest BCUT2D eigenvalue weighted by Gasteiger charge is -2.17. The number of rotatable bonds is 2. The van der Waals surface area contributed by atoms with Crippen molar-refractivity contribution in [3.8, 4) is 0 Å². The molecule has 1 heterocycles. The van der Waals surface area contributed by atoms with Crippen LogP contribution in [0.25, 0.3) is 0 Å². The molecule has 0 aromatic heterocycles. The van der Waals surface area contributed by atoms with E-state index in [1.165, 1.54) is 0 Å². The molecule has 5 heteroatoms. The van der Waals surface area contributed by atoms with Gasteiger partial charge in [0, 0.05) is 16.7 Å². The zero-order valence-corrected chi connectivity index (χ0v) is 13.0. The number of carboxylic acid groups (broad SMARTS) is 1. The summed E-state index contributed by atoms with van der Waals surface area (Å²) in [6.07, 6.45) is 0. The standard InChI is InChI=1S/C14H16INO3/c1-8-3-4-12(15)10(5-8)13(17)16-6-9(2)11(7-16)14(18)19/h3-5,9,11H,6-7H2,1-2H3,(H,18,19)/t9-,11-/m1/s1. The van der Waals surface area contributed by atoms with Gasteiger partial charge < -0.3 is 10.0 Å². The number of amides is 1. The topological polar surface area (TPSA) is 57.6 Å². The maximum atomic E-state index is 12.5. The van der Waals surface area contributed by atoms with Crippen LogP contribution in [-0.2, 0) is 4.79 Å². The molecule has 0 radical (unpaired) electrons. The summed E-state index contributed by atoms with van der Waals surface area (Å²) in [6, 6.07) is 5.74. The average molecular weight is 373 g/mol. The van der Waals surface area contributed by atoms with Crippen molar-refractivity contribution in [3.63, 3.8) is 0 Å². The van der Waals surface area contributed by atoms with Crippen LogP contribution < -0.4 is 0 Å². The summed E-state index contributed by atoms with van der Waals surface area (Å²) in [4.78, 5) is 25.2. The molecule has 1 aromatic carbocycles. The highest BCUT2D eigenvalue weighted by molar-refractivity contribution is 14.1. The molecule has 19 heavy (non-hydrogen) atoms. The number of carbonyl (C=O) groups is 2. The van der Waals surface area contributed by atoms with Crippen molar-refractivity contribution in [2.75, 3.05) is 13.1 Å².